The topological polar surface area (TPSA) is 47.4 Å². The van der Waals surface area contributed by atoms with Crippen LogP contribution in [0.2, 0.25) is 10.0 Å². The highest BCUT2D eigenvalue weighted by Crippen LogP contribution is 2.23. The predicted octanol–water partition coefficient (Wildman–Crippen LogP) is 4.04. The van der Waals surface area contributed by atoms with E-state index in [1.165, 1.54) is 23.6 Å². The number of aromatic nitrogens is 2. The molecule has 0 unspecified atom stereocenters. The number of benzene rings is 1. The first-order valence-corrected chi connectivity index (χ1v) is 9.69. The maximum absolute atomic E-state index is 12.1. The fourth-order valence-corrected chi connectivity index (χ4v) is 3.41. The molecule has 2 aromatic rings. The second-order valence-corrected chi connectivity index (χ2v) is 7.59. The van der Waals surface area contributed by atoms with Gasteiger partial charge in [0.2, 0.25) is 5.88 Å². The van der Waals surface area contributed by atoms with E-state index in [0.29, 0.717) is 28.2 Å². The van der Waals surface area contributed by atoms with Crippen molar-refractivity contribution >= 4 is 23.2 Å². The minimum atomic E-state index is -0.288. The second kappa shape index (κ2) is 8.89. The maximum atomic E-state index is 12.1. The number of rotatable bonds is 6. The average molecular weight is 396 g/mol. The summed E-state index contributed by atoms with van der Waals surface area (Å²) in [6, 6.07) is 7.92. The molecule has 0 spiro atoms. The van der Waals surface area contributed by atoms with Crippen molar-refractivity contribution in [3.63, 3.8) is 0 Å². The zero-order chi connectivity index (χ0) is 18.5. The quantitative estimate of drug-likeness (QED) is 0.692. The molecule has 1 aliphatic rings. The smallest absolute Gasteiger partial charge is 0.271 e. The van der Waals surface area contributed by atoms with Crippen molar-refractivity contribution in [1.29, 1.82) is 0 Å². The zero-order valence-electron chi connectivity index (χ0n) is 14.8. The van der Waals surface area contributed by atoms with Gasteiger partial charge in [0.15, 0.2) is 0 Å². The Kier molecular flexibility index (Phi) is 6.57. The minimum absolute atomic E-state index is 0.288. The van der Waals surface area contributed by atoms with Gasteiger partial charge in [0.05, 0.1) is 17.3 Å². The van der Waals surface area contributed by atoms with E-state index in [2.05, 4.69) is 16.9 Å². The van der Waals surface area contributed by atoms with Crippen molar-refractivity contribution in [1.82, 2.24) is 14.7 Å². The first kappa shape index (κ1) is 19.2. The maximum Gasteiger partial charge on any atom is 0.271 e. The third-order valence-electron chi connectivity index (χ3n) is 4.66. The summed E-state index contributed by atoms with van der Waals surface area (Å²) in [5.41, 5.74) is 0.154. The summed E-state index contributed by atoms with van der Waals surface area (Å²) < 4.78 is 6.95. The number of hydrogen-bond donors (Lipinski definition) is 0. The standard InChI is InChI=1S/C19H23Cl2N3O2/c1-14-7-10-23(11-8-14)9-2-12-26-18-5-6-19(25)24(22-18)17-13-15(20)3-4-16(17)21/h3-6,13-14H,2,7-12H2,1H3. The number of nitrogens with zero attached hydrogens (tertiary/aromatic N) is 3. The summed E-state index contributed by atoms with van der Waals surface area (Å²) in [7, 11) is 0. The van der Waals surface area contributed by atoms with Crippen molar-refractivity contribution in [2.75, 3.05) is 26.2 Å². The molecule has 0 amide bonds. The molecule has 0 aliphatic carbocycles. The SMILES string of the molecule is CC1CCN(CCCOc2ccc(=O)n(-c3cc(Cl)ccc3Cl)n2)CC1. The molecule has 1 aliphatic heterocycles. The van der Waals surface area contributed by atoms with Crippen LogP contribution in [0.25, 0.3) is 5.69 Å². The van der Waals surface area contributed by atoms with Gasteiger partial charge in [-0.1, -0.05) is 30.1 Å². The molecule has 1 aromatic carbocycles. The van der Waals surface area contributed by atoms with Crippen molar-refractivity contribution in [3.8, 4) is 11.6 Å². The summed E-state index contributed by atoms with van der Waals surface area (Å²) in [5.74, 6) is 1.24. The third kappa shape index (κ3) is 5.00. The Balaban J connectivity index is 1.59. The third-order valence-corrected chi connectivity index (χ3v) is 5.21. The van der Waals surface area contributed by atoms with Crippen molar-refractivity contribution in [2.24, 2.45) is 5.92 Å². The largest absolute Gasteiger partial charge is 0.477 e. The molecule has 0 radical (unpaired) electrons. The van der Waals surface area contributed by atoms with Gasteiger partial charge in [0.1, 0.15) is 0 Å². The molecule has 0 atom stereocenters. The summed E-state index contributed by atoms with van der Waals surface area (Å²) in [6.07, 6.45) is 3.47. The number of hydrogen-bond acceptors (Lipinski definition) is 4. The lowest BCUT2D eigenvalue weighted by Crippen LogP contribution is -2.34. The van der Waals surface area contributed by atoms with Crippen LogP contribution in [0.3, 0.4) is 0 Å². The van der Waals surface area contributed by atoms with E-state index in [0.717, 1.165) is 32.0 Å². The van der Waals surface area contributed by atoms with E-state index < -0.39 is 0 Å². The lowest BCUT2D eigenvalue weighted by atomic mass is 9.99. The van der Waals surface area contributed by atoms with Crippen molar-refractivity contribution in [2.45, 2.75) is 26.2 Å². The molecule has 0 N–H and O–H groups in total. The van der Waals surface area contributed by atoms with Gasteiger partial charge in [-0.15, -0.1) is 5.10 Å². The van der Waals surface area contributed by atoms with Crippen LogP contribution >= 0.6 is 23.2 Å². The van der Waals surface area contributed by atoms with E-state index in [-0.39, 0.29) is 5.56 Å². The van der Waals surface area contributed by atoms with Gasteiger partial charge in [-0.3, -0.25) is 4.79 Å². The summed E-state index contributed by atoms with van der Waals surface area (Å²) >= 11 is 12.2. The van der Waals surface area contributed by atoms with Crippen molar-refractivity contribution < 1.29 is 4.74 Å². The highest BCUT2D eigenvalue weighted by molar-refractivity contribution is 6.34. The Morgan fingerprint density at radius 3 is 2.73 bits per heavy atom. The fraction of sp³-hybridized carbons (Fsp3) is 0.474. The molecule has 1 aromatic heterocycles. The monoisotopic (exact) mass is 395 g/mol. The molecule has 26 heavy (non-hydrogen) atoms. The predicted molar refractivity (Wildman–Crippen MR) is 105 cm³/mol. The number of piperidine rings is 1. The molecule has 3 rings (SSSR count). The van der Waals surface area contributed by atoms with Crippen LogP contribution in [0.1, 0.15) is 26.2 Å². The Morgan fingerprint density at radius 2 is 1.96 bits per heavy atom. The molecule has 1 fully saturated rings. The molecular formula is C19H23Cl2N3O2. The van der Waals surface area contributed by atoms with Gasteiger partial charge in [0, 0.05) is 23.7 Å². The second-order valence-electron chi connectivity index (χ2n) is 6.74. The zero-order valence-corrected chi connectivity index (χ0v) is 16.3. The first-order valence-electron chi connectivity index (χ1n) is 8.94. The summed E-state index contributed by atoms with van der Waals surface area (Å²) in [4.78, 5) is 14.6. The number of likely N-dealkylation sites (tertiary alicyclic amines) is 1. The Hall–Kier alpha value is -1.56. The van der Waals surface area contributed by atoms with E-state index >= 15 is 0 Å². The normalized spacial score (nSPS) is 16.0. The van der Waals surface area contributed by atoms with E-state index in [4.69, 9.17) is 27.9 Å². The molecule has 7 heteroatoms. The highest BCUT2D eigenvalue weighted by Gasteiger charge is 2.15. The highest BCUT2D eigenvalue weighted by atomic mass is 35.5. The summed E-state index contributed by atoms with van der Waals surface area (Å²) in [6.45, 7) is 6.22. The van der Waals surface area contributed by atoms with E-state index in [9.17, 15) is 4.79 Å². The molecule has 0 saturated carbocycles. The van der Waals surface area contributed by atoms with Gasteiger partial charge in [-0.2, -0.15) is 4.68 Å². The van der Waals surface area contributed by atoms with Gasteiger partial charge in [0.25, 0.3) is 5.56 Å². The van der Waals surface area contributed by atoms with Gasteiger partial charge >= 0.3 is 0 Å². The fourth-order valence-electron chi connectivity index (χ4n) is 3.04. The van der Waals surface area contributed by atoms with Crippen LogP contribution in [-0.4, -0.2) is 40.9 Å². The van der Waals surface area contributed by atoms with Crippen LogP contribution in [0.4, 0.5) is 0 Å². The van der Waals surface area contributed by atoms with Crippen LogP contribution in [0.15, 0.2) is 35.1 Å². The Labute approximate surface area is 163 Å². The Bertz CT molecular complexity index is 802. The molecule has 0 bridgehead atoms. The van der Waals surface area contributed by atoms with Crippen LogP contribution < -0.4 is 10.3 Å². The molecule has 1 saturated heterocycles. The molecule has 5 nitrogen and oxygen atoms in total. The lowest BCUT2D eigenvalue weighted by molar-refractivity contribution is 0.176. The molecule has 2 heterocycles. The van der Waals surface area contributed by atoms with E-state index in [1.54, 1.807) is 24.3 Å². The molecular weight excluding hydrogens is 373 g/mol. The average Bonchev–Trinajstić information content (AvgIpc) is 2.64. The van der Waals surface area contributed by atoms with Gasteiger partial charge in [-0.05, 0) is 56.5 Å². The lowest BCUT2D eigenvalue weighted by Gasteiger charge is -2.29. The minimum Gasteiger partial charge on any atom is -0.477 e. The van der Waals surface area contributed by atoms with Crippen LogP contribution in [0, 0.1) is 5.92 Å². The van der Waals surface area contributed by atoms with Gasteiger partial charge < -0.3 is 9.64 Å². The number of ether oxygens (including phenoxy) is 1. The number of halogens is 2. The summed E-state index contributed by atoms with van der Waals surface area (Å²) in [5, 5.41) is 5.15. The molecule has 140 valence electrons. The van der Waals surface area contributed by atoms with Crippen molar-refractivity contribution in [3.05, 3.63) is 50.7 Å². The first-order chi connectivity index (χ1) is 12.5. The van der Waals surface area contributed by atoms with Gasteiger partial charge in [-0.25, -0.2) is 0 Å². The van der Waals surface area contributed by atoms with E-state index in [1.807, 2.05) is 0 Å². The van der Waals surface area contributed by atoms with Crippen LogP contribution in [-0.2, 0) is 0 Å². The Morgan fingerprint density at radius 1 is 1.19 bits per heavy atom. The van der Waals surface area contributed by atoms with Crippen LogP contribution in [0.5, 0.6) is 5.88 Å².